The first-order valence-corrected chi connectivity index (χ1v) is 6.18. The van der Waals surface area contributed by atoms with Gasteiger partial charge in [-0.3, -0.25) is 4.90 Å². The van der Waals surface area contributed by atoms with Gasteiger partial charge in [0.2, 0.25) is 5.76 Å². The van der Waals surface area contributed by atoms with Gasteiger partial charge in [-0.25, -0.2) is 4.79 Å². The van der Waals surface area contributed by atoms with Crippen molar-refractivity contribution in [3.05, 3.63) is 23.7 Å². The minimum atomic E-state index is -1.06. The monoisotopic (exact) mass is 253 g/mol. The first kappa shape index (κ1) is 13.1. The van der Waals surface area contributed by atoms with Crippen molar-refractivity contribution in [2.75, 3.05) is 13.1 Å². The van der Waals surface area contributed by atoms with Crippen LogP contribution in [0.1, 0.15) is 49.0 Å². The summed E-state index contributed by atoms with van der Waals surface area (Å²) in [7, 11) is 0. The minimum Gasteiger partial charge on any atom is -0.475 e. The summed E-state index contributed by atoms with van der Waals surface area (Å²) in [5.74, 6) is -0.468. The van der Waals surface area contributed by atoms with Gasteiger partial charge in [-0.05, 0) is 45.4 Å². The molecule has 0 amide bonds. The highest BCUT2D eigenvalue weighted by atomic mass is 16.4. The number of hydrogen-bond acceptors (Lipinski definition) is 4. The van der Waals surface area contributed by atoms with Gasteiger partial charge < -0.3 is 14.6 Å². The summed E-state index contributed by atoms with van der Waals surface area (Å²) in [5, 5.41) is 18.9. The van der Waals surface area contributed by atoms with Crippen LogP contribution in [0.25, 0.3) is 0 Å². The second kappa shape index (κ2) is 4.74. The first-order chi connectivity index (χ1) is 8.39. The summed E-state index contributed by atoms with van der Waals surface area (Å²) in [5.41, 5.74) is -0.672. The van der Waals surface area contributed by atoms with E-state index >= 15 is 0 Å². The Labute approximate surface area is 106 Å². The number of aromatic carboxylic acids is 1. The number of furan rings is 1. The molecule has 2 unspecified atom stereocenters. The van der Waals surface area contributed by atoms with Gasteiger partial charge in [0.15, 0.2) is 0 Å². The number of hydrogen-bond donors (Lipinski definition) is 2. The Morgan fingerprint density at radius 2 is 2.28 bits per heavy atom. The SMILES string of the molecule is CC(c1ccc(C(=O)O)o1)N1CCCC(C)(O)C1. The number of β-amino-alcohol motifs (C(OH)–C–C–N with tert-alkyl or cyclic N) is 1. The second-order valence-corrected chi connectivity index (χ2v) is 5.25. The predicted molar refractivity (Wildman–Crippen MR) is 65.5 cm³/mol. The van der Waals surface area contributed by atoms with Crippen molar-refractivity contribution in [3.63, 3.8) is 0 Å². The van der Waals surface area contributed by atoms with Crippen LogP contribution in [0.4, 0.5) is 0 Å². The van der Waals surface area contributed by atoms with Gasteiger partial charge in [0, 0.05) is 6.54 Å². The molecule has 1 fully saturated rings. The molecule has 2 heterocycles. The molecule has 5 heteroatoms. The number of nitrogens with zero attached hydrogens (tertiary/aromatic N) is 1. The molecule has 1 saturated heterocycles. The first-order valence-electron chi connectivity index (χ1n) is 6.18. The molecule has 0 spiro atoms. The fourth-order valence-electron chi connectivity index (χ4n) is 2.46. The zero-order chi connectivity index (χ0) is 13.3. The standard InChI is InChI=1S/C13H19NO4/c1-9(10-4-5-11(18-10)12(15)16)14-7-3-6-13(2,17)8-14/h4-5,9,17H,3,6-8H2,1-2H3,(H,15,16). The lowest BCUT2D eigenvalue weighted by atomic mass is 9.94. The molecule has 2 rings (SSSR count). The smallest absolute Gasteiger partial charge is 0.371 e. The van der Waals surface area contributed by atoms with Crippen molar-refractivity contribution >= 4 is 5.97 Å². The van der Waals surface area contributed by atoms with Crippen LogP contribution in [-0.4, -0.2) is 39.8 Å². The number of rotatable bonds is 3. The number of aliphatic hydroxyl groups is 1. The van der Waals surface area contributed by atoms with Gasteiger partial charge in [-0.2, -0.15) is 0 Å². The van der Waals surface area contributed by atoms with E-state index in [-0.39, 0.29) is 11.8 Å². The lowest BCUT2D eigenvalue weighted by molar-refractivity contribution is -0.0307. The predicted octanol–water partition coefficient (Wildman–Crippen LogP) is 1.89. The Balaban J connectivity index is 2.10. The maximum absolute atomic E-state index is 10.8. The molecule has 2 N–H and O–H groups in total. The molecule has 1 aromatic heterocycles. The van der Waals surface area contributed by atoms with Gasteiger partial charge in [0.25, 0.3) is 0 Å². The van der Waals surface area contributed by atoms with Crippen molar-refractivity contribution in [2.24, 2.45) is 0 Å². The van der Waals surface area contributed by atoms with Crippen molar-refractivity contribution < 1.29 is 19.4 Å². The average Bonchev–Trinajstić information content (AvgIpc) is 2.76. The Kier molecular flexibility index (Phi) is 3.45. The third-order valence-electron chi connectivity index (χ3n) is 3.50. The zero-order valence-electron chi connectivity index (χ0n) is 10.7. The van der Waals surface area contributed by atoms with E-state index < -0.39 is 11.6 Å². The molecule has 1 aliphatic rings. The molecule has 0 saturated carbocycles. The van der Waals surface area contributed by atoms with E-state index in [1.807, 2.05) is 13.8 Å². The van der Waals surface area contributed by atoms with E-state index in [1.165, 1.54) is 6.07 Å². The average molecular weight is 253 g/mol. The molecule has 18 heavy (non-hydrogen) atoms. The van der Waals surface area contributed by atoms with Gasteiger partial charge in [-0.1, -0.05) is 0 Å². The number of carboxylic acid groups (broad SMARTS) is 1. The van der Waals surface area contributed by atoms with Crippen LogP contribution in [0, 0.1) is 0 Å². The molecular formula is C13H19NO4. The van der Waals surface area contributed by atoms with Crippen LogP contribution in [-0.2, 0) is 0 Å². The quantitative estimate of drug-likeness (QED) is 0.860. The van der Waals surface area contributed by atoms with E-state index in [2.05, 4.69) is 4.90 Å². The highest BCUT2D eigenvalue weighted by Gasteiger charge is 2.32. The maximum atomic E-state index is 10.8. The zero-order valence-corrected chi connectivity index (χ0v) is 10.7. The highest BCUT2D eigenvalue weighted by Crippen LogP contribution is 2.29. The van der Waals surface area contributed by atoms with Crippen LogP contribution < -0.4 is 0 Å². The molecule has 2 atom stereocenters. The third kappa shape index (κ3) is 2.73. The molecule has 0 bridgehead atoms. The van der Waals surface area contributed by atoms with Crippen molar-refractivity contribution in [2.45, 2.75) is 38.3 Å². The topological polar surface area (TPSA) is 73.9 Å². The van der Waals surface area contributed by atoms with Crippen LogP contribution in [0.5, 0.6) is 0 Å². The van der Waals surface area contributed by atoms with Crippen LogP contribution in [0.2, 0.25) is 0 Å². The molecule has 5 nitrogen and oxygen atoms in total. The maximum Gasteiger partial charge on any atom is 0.371 e. The van der Waals surface area contributed by atoms with E-state index in [4.69, 9.17) is 9.52 Å². The molecule has 0 aromatic carbocycles. The molecule has 0 radical (unpaired) electrons. The fraction of sp³-hybridized carbons (Fsp3) is 0.615. The van der Waals surface area contributed by atoms with Crippen molar-refractivity contribution in [1.82, 2.24) is 4.90 Å². The van der Waals surface area contributed by atoms with Gasteiger partial charge in [0.05, 0.1) is 11.6 Å². The molecule has 1 aromatic rings. The Hall–Kier alpha value is -1.33. The Bertz CT molecular complexity index is 438. The Morgan fingerprint density at radius 1 is 1.56 bits per heavy atom. The summed E-state index contributed by atoms with van der Waals surface area (Å²) in [4.78, 5) is 12.9. The number of carboxylic acids is 1. The second-order valence-electron chi connectivity index (χ2n) is 5.25. The van der Waals surface area contributed by atoms with E-state index in [1.54, 1.807) is 6.07 Å². The van der Waals surface area contributed by atoms with E-state index in [0.717, 1.165) is 19.4 Å². The number of piperidine rings is 1. The number of carbonyl (C=O) groups is 1. The summed E-state index contributed by atoms with van der Waals surface area (Å²) in [6.45, 7) is 5.26. The van der Waals surface area contributed by atoms with Crippen LogP contribution in [0.3, 0.4) is 0 Å². The molecule has 0 aliphatic carbocycles. The van der Waals surface area contributed by atoms with E-state index in [0.29, 0.717) is 12.3 Å². The Morgan fingerprint density at radius 3 is 2.83 bits per heavy atom. The van der Waals surface area contributed by atoms with E-state index in [9.17, 15) is 9.90 Å². The lowest BCUT2D eigenvalue weighted by Gasteiger charge is -2.39. The molecule has 100 valence electrons. The van der Waals surface area contributed by atoms with Gasteiger partial charge in [-0.15, -0.1) is 0 Å². The lowest BCUT2D eigenvalue weighted by Crippen LogP contribution is -2.46. The summed E-state index contributed by atoms with van der Waals surface area (Å²) in [6.07, 6.45) is 1.73. The summed E-state index contributed by atoms with van der Waals surface area (Å²) >= 11 is 0. The van der Waals surface area contributed by atoms with Crippen LogP contribution >= 0.6 is 0 Å². The normalized spacial score (nSPS) is 27.1. The highest BCUT2D eigenvalue weighted by molar-refractivity contribution is 5.84. The van der Waals surface area contributed by atoms with Gasteiger partial charge >= 0.3 is 5.97 Å². The molecular weight excluding hydrogens is 234 g/mol. The van der Waals surface area contributed by atoms with Crippen molar-refractivity contribution in [1.29, 1.82) is 0 Å². The van der Waals surface area contributed by atoms with Gasteiger partial charge in [0.1, 0.15) is 5.76 Å². The summed E-state index contributed by atoms with van der Waals surface area (Å²) in [6, 6.07) is 3.14. The van der Waals surface area contributed by atoms with Crippen LogP contribution in [0.15, 0.2) is 16.5 Å². The fourth-order valence-corrected chi connectivity index (χ4v) is 2.46. The largest absolute Gasteiger partial charge is 0.475 e. The number of likely N-dealkylation sites (tertiary alicyclic amines) is 1. The minimum absolute atomic E-state index is 0.0233. The molecule has 1 aliphatic heterocycles. The van der Waals surface area contributed by atoms with Crippen molar-refractivity contribution in [3.8, 4) is 0 Å². The summed E-state index contributed by atoms with van der Waals surface area (Å²) < 4.78 is 5.31. The third-order valence-corrected chi connectivity index (χ3v) is 3.50.